The van der Waals surface area contributed by atoms with E-state index in [9.17, 15) is 4.79 Å². The van der Waals surface area contributed by atoms with Gasteiger partial charge in [0, 0.05) is 10.2 Å². The molecule has 0 N–H and O–H groups in total. The van der Waals surface area contributed by atoms with Gasteiger partial charge in [0.2, 0.25) is 0 Å². The summed E-state index contributed by atoms with van der Waals surface area (Å²) in [6, 6.07) is 7.49. The summed E-state index contributed by atoms with van der Waals surface area (Å²) in [5, 5.41) is 0.626. The first-order valence-corrected chi connectivity index (χ1v) is 7.74. The lowest BCUT2D eigenvalue weighted by atomic mass is 10.0. The predicted octanol–water partition coefficient (Wildman–Crippen LogP) is 4.68. The zero-order valence-electron chi connectivity index (χ0n) is 12.2. The molecule has 1 heterocycles. The van der Waals surface area contributed by atoms with Crippen LogP contribution in [-0.4, -0.2) is 17.8 Å². The molecule has 0 saturated heterocycles. The van der Waals surface area contributed by atoms with E-state index in [1.165, 1.54) is 10.5 Å². The number of allylic oxidation sites excluding steroid dienone is 2. The fourth-order valence-corrected chi connectivity index (χ4v) is 3.63. The summed E-state index contributed by atoms with van der Waals surface area (Å²) in [5.74, 6) is -0.274. The lowest BCUT2D eigenvalue weighted by molar-refractivity contribution is 0.0526. The number of hydrogen-bond acceptors (Lipinski definition) is 3. The highest BCUT2D eigenvalue weighted by atomic mass is 32.2. The van der Waals surface area contributed by atoms with Crippen molar-refractivity contribution in [3.63, 3.8) is 0 Å². The Labute approximate surface area is 124 Å². The van der Waals surface area contributed by atoms with Gasteiger partial charge in [-0.15, -0.1) is 11.8 Å². The van der Waals surface area contributed by atoms with Gasteiger partial charge in [-0.3, -0.25) is 0 Å². The zero-order valence-corrected chi connectivity index (χ0v) is 13.0. The molecule has 1 aliphatic rings. The molecule has 3 heteroatoms. The Hall–Kier alpha value is -1.48. The lowest BCUT2D eigenvalue weighted by Gasteiger charge is -2.10. The average Bonchev–Trinajstić information content (AvgIpc) is 2.77. The number of carbonyl (C=O) groups excluding carboxylic acids is 1. The van der Waals surface area contributed by atoms with Crippen LogP contribution in [0.5, 0.6) is 0 Å². The quantitative estimate of drug-likeness (QED) is 0.753. The van der Waals surface area contributed by atoms with Crippen molar-refractivity contribution in [3.8, 4) is 0 Å². The number of ether oxygens (including phenoxy) is 1. The highest BCUT2D eigenvalue weighted by Crippen LogP contribution is 2.43. The molecule has 1 unspecified atom stereocenters. The van der Waals surface area contributed by atoms with E-state index in [-0.39, 0.29) is 5.97 Å². The highest BCUT2D eigenvalue weighted by Gasteiger charge is 2.21. The maximum Gasteiger partial charge on any atom is 0.338 e. The smallest absolute Gasteiger partial charge is 0.338 e. The Morgan fingerprint density at radius 3 is 2.45 bits per heavy atom. The number of esters is 1. The molecule has 0 spiro atoms. The van der Waals surface area contributed by atoms with E-state index < -0.39 is 0 Å². The van der Waals surface area contributed by atoms with E-state index in [2.05, 4.69) is 20.4 Å². The molecule has 0 aliphatic carbocycles. The third kappa shape index (κ3) is 3.15. The van der Waals surface area contributed by atoms with Crippen LogP contribution in [0.15, 0.2) is 41.3 Å². The van der Waals surface area contributed by atoms with Crippen molar-refractivity contribution in [1.82, 2.24) is 0 Å². The second kappa shape index (κ2) is 6.31. The first kappa shape index (κ1) is 14.9. The van der Waals surface area contributed by atoms with Gasteiger partial charge in [-0.05, 0) is 43.5 Å². The zero-order chi connectivity index (χ0) is 14.7. The summed E-state index contributed by atoms with van der Waals surface area (Å²) < 4.78 is 4.98. The summed E-state index contributed by atoms with van der Waals surface area (Å²) in [6.07, 6.45) is 1.12. The highest BCUT2D eigenvalue weighted by molar-refractivity contribution is 8.04. The maximum atomic E-state index is 11.6. The molecule has 1 atom stereocenters. The van der Waals surface area contributed by atoms with Crippen molar-refractivity contribution in [3.05, 3.63) is 52.4 Å². The van der Waals surface area contributed by atoms with Gasteiger partial charge in [0.25, 0.3) is 0 Å². The third-order valence-corrected chi connectivity index (χ3v) is 4.72. The molecule has 0 radical (unpaired) electrons. The van der Waals surface area contributed by atoms with Gasteiger partial charge in [-0.2, -0.15) is 0 Å². The monoisotopic (exact) mass is 288 g/mol. The van der Waals surface area contributed by atoms with Crippen LogP contribution in [0.1, 0.15) is 43.1 Å². The molecule has 0 saturated carbocycles. The molecule has 20 heavy (non-hydrogen) atoms. The van der Waals surface area contributed by atoms with Crippen molar-refractivity contribution in [2.24, 2.45) is 0 Å². The first-order valence-electron chi connectivity index (χ1n) is 6.86. The van der Waals surface area contributed by atoms with Crippen LogP contribution in [0.2, 0.25) is 0 Å². The molecule has 2 rings (SSSR count). The Morgan fingerprint density at radius 2 is 1.95 bits per heavy atom. The Morgan fingerprint density at radius 1 is 1.35 bits per heavy atom. The number of hydrogen-bond donors (Lipinski definition) is 0. The van der Waals surface area contributed by atoms with Crippen LogP contribution in [0, 0.1) is 0 Å². The summed E-state index contributed by atoms with van der Waals surface area (Å²) >= 11 is 1.88. The molecular weight excluding hydrogens is 268 g/mol. The normalized spacial score (nSPS) is 18.2. The summed E-state index contributed by atoms with van der Waals surface area (Å²) in [7, 11) is 0. The standard InChI is InChI=1S/C17H20O2S/c1-5-19-17(18)15-8-6-14(7-9-15)13(4)16-11(2)10-12(3)20-16/h6-9,12H,4-5,10H2,1-3H3. The SMILES string of the molecule is C=C(C1=C(C)CC(C)S1)c1ccc(C(=O)OCC)cc1. The maximum absolute atomic E-state index is 11.6. The van der Waals surface area contributed by atoms with E-state index >= 15 is 0 Å². The molecule has 1 aromatic carbocycles. The molecule has 106 valence electrons. The van der Waals surface area contributed by atoms with Crippen molar-refractivity contribution >= 4 is 23.3 Å². The van der Waals surface area contributed by atoms with Gasteiger partial charge in [0.1, 0.15) is 0 Å². The molecule has 0 aromatic heterocycles. The molecule has 1 aromatic rings. The number of benzene rings is 1. The molecule has 0 bridgehead atoms. The fourth-order valence-electron chi connectivity index (χ4n) is 2.35. The average molecular weight is 288 g/mol. The van der Waals surface area contributed by atoms with Crippen molar-refractivity contribution in [2.75, 3.05) is 6.61 Å². The van der Waals surface area contributed by atoms with E-state index in [0.29, 0.717) is 17.4 Å². The van der Waals surface area contributed by atoms with Crippen LogP contribution in [0.4, 0.5) is 0 Å². The second-order valence-corrected chi connectivity index (χ2v) is 6.47. The van der Waals surface area contributed by atoms with E-state index in [4.69, 9.17) is 4.74 Å². The van der Waals surface area contributed by atoms with Gasteiger partial charge in [-0.25, -0.2) is 4.79 Å². The Kier molecular flexibility index (Phi) is 4.71. The minimum atomic E-state index is -0.274. The Balaban J connectivity index is 2.16. The third-order valence-electron chi connectivity index (χ3n) is 3.32. The van der Waals surface area contributed by atoms with Crippen molar-refractivity contribution in [2.45, 2.75) is 32.4 Å². The second-order valence-electron chi connectivity index (χ2n) is 5.02. The van der Waals surface area contributed by atoms with Crippen LogP contribution in [0.25, 0.3) is 5.57 Å². The summed E-state index contributed by atoms with van der Waals surface area (Å²) in [5.41, 5.74) is 4.10. The predicted molar refractivity (Wildman–Crippen MR) is 85.8 cm³/mol. The van der Waals surface area contributed by atoms with E-state index in [1.54, 1.807) is 12.1 Å². The number of carbonyl (C=O) groups is 1. The number of rotatable bonds is 4. The molecule has 0 amide bonds. The van der Waals surface area contributed by atoms with Crippen LogP contribution in [0.3, 0.4) is 0 Å². The van der Waals surface area contributed by atoms with Gasteiger partial charge in [-0.1, -0.05) is 31.2 Å². The fraction of sp³-hybridized carbons (Fsp3) is 0.353. The van der Waals surface area contributed by atoms with E-state index in [0.717, 1.165) is 17.6 Å². The molecule has 1 aliphatic heterocycles. The number of thioether (sulfide) groups is 1. The van der Waals surface area contributed by atoms with Gasteiger partial charge < -0.3 is 4.74 Å². The Bertz CT molecular complexity index is 555. The van der Waals surface area contributed by atoms with Crippen molar-refractivity contribution < 1.29 is 9.53 Å². The topological polar surface area (TPSA) is 26.3 Å². The summed E-state index contributed by atoms with van der Waals surface area (Å²) in [6.45, 7) is 10.8. The minimum Gasteiger partial charge on any atom is -0.462 e. The van der Waals surface area contributed by atoms with Gasteiger partial charge >= 0.3 is 5.97 Å². The van der Waals surface area contributed by atoms with Gasteiger partial charge in [0.15, 0.2) is 0 Å². The minimum absolute atomic E-state index is 0.274. The first-order chi connectivity index (χ1) is 9.52. The van der Waals surface area contributed by atoms with Gasteiger partial charge in [0.05, 0.1) is 12.2 Å². The van der Waals surface area contributed by atoms with E-state index in [1.807, 2.05) is 30.8 Å². The summed E-state index contributed by atoms with van der Waals surface area (Å²) in [4.78, 5) is 12.9. The molecule has 2 nitrogen and oxygen atoms in total. The van der Waals surface area contributed by atoms with Crippen LogP contribution in [-0.2, 0) is 4.74 Å². The van der Waals surface area contributed by atoms with Crippen LogP contribution >= 0.6 is 11.8 Å². The lowest BCUT2D eigenvalue weighted by Crippen LogP contribution is -2.04. The molecule has 0 fully saturated rings. The largest absolute Gasteiger partial charge is 0.462 e. The van der Waals surface area contributed by atoms with Crippen molar-refractivity contribution in [1.29, 1.82) is 0 Å². The molecular formula is C17H20O2S. The van der Waals surface area contributed by atoms with Crippen LogP contribution < -0.4 is 0 Å².